The van der Waals surface area contributed by atoms with Crippen LogP contribution in [0.1, 0.15) is 13.8 Å². The monoisotopic (exact) mass is 336 g/mol. The van der Waals surface area contributed by atoms with E-state index in [9.17, 15) is 4.79 Å². The molecule has 0 aliphatic carbocycles. The average Bonchev–Trinajstić information content (AvgIpc) is 3.05. The molecular weight excluding hydrogens is 316 g/mol. The van der Waals surface area contributed by atoms with E-state index in [2.05, 4.69) is 15.3 Å². The van der Waals surface area contributed by atoms with Gasteiger partial charge in [0.2, 0.25) is 0 Å². The van der Waals surface area contributed by atoms with E-state index >= 15 is 0 Å². The van der Waals surface area contributed by atoms with Gasteiger partial charge in [0.05, 0.1) is 12.3 Å². The fourth-order valence-electron chi connectivity index (χ4n) is 2.43. The lowest BCUT2D eigenvalue weighted by Crippen LogP contribution is -2.17. The quantitative estimate of drug-likeness (QED) is 0.647. The number of benzene rings is 1. The molecule has 1 aromatic carbocycles. The van der Waals surface area contributed by atoms with E-state index in [1.807, 2.05) is 56.3 Å². The van der Waals surface area contributed by atoms with Crippen molar-refractivity contribution in [3.63, 3.8) is 0 Å². The van der Waals surface area contributed by atoms with E-state index < -0.39 is 0 Å². The lowest BCUT2D eigenvalue weighted by atomic mass is 10.1. The minimum atomic E-state index is -0.325. The summed E-state index contributed by atoms with van der Waals surface area (Å²) in [4.78, 5) is 16.3. The average molecular weight is 336 g/mol. The maximum absolute atomic E-state index is 12.1. The summed E-state index contributed by atoms with van der Waals surface area (Å²) in [5.74, 6) is -0.0345. The van der Waals surface area contributed by atoms with Crippen molar-refractivity contribution in [1.29, 1.82) is 0 Å². The lowest BCUT2D eigenvalue weighted by Gasteiger charge is -2.10. The molecule has 2 aromatic heterocycles. The topological polar surface area (TPSA) is 69.9 Å². The van der Waals surface area contributed by atoms with Crippen molar-refractivity contribution in [2.45, 2.75) is 20.4 Å². The van der Waals surface area contributed by atoms with Crippen LogP contribution in [0.2, 0.25) is 0 Å². The molecule has 0 aliphatic rings. The molecule has 3 aromatic rings. The van der Waals surface area contributed by atoms with Gasteiger partial charge in [0.25, 0.3) is 0 Å². The molecule has 0 saturated heterocycles. The van der Waals surface area contributed by atoms with E-state index in [0.29, 0.717) is 18.2 Å². The number of hydrogen-bond donors (Lipinski definition) is 0. The minimum absolute atomic E-state index is 0.0181. The molecule has 128 valence electrons. The van der Waals surface area contributed by atoms with Gasteiger partial charge in [0, 0.05) is 23.5 Å². The highest BCUT2D eigenvalue weighted by Crippen LogP contribution is 2.29. The third-order valence-corrected chi connectivity index (χ3v) is 3.57. The van der Waals surface area contributed by atoms with Crippen molar-refractivity contribution in [2.75, 3.05) is 6.61 Å². The van der Waals surface area contributed by atoms with Crippen LogP contribution in [0.5, 0.6) is 0 Å². The van der Waals surface area contributed by atoms with Crippen molar-refractivity contribution in [1.82, 2.24) is 20.0 Å². The molecule has 0 spiro atoms. The van der Waals surface area contributed by atoms with Gasteiger partial charge in [-0.1, -0.05) is 49.4 Å². The van der Waals surface area contributed by atoms with Gasteiger partial charge in [0.15, 0.2) is 0 Å². The smallest absolute Gasteiger partial charge is 0.327 e. The van der Waals surface area contributed by atoms with Crippen molar-refractivity contribution in [2.24, 2.45) is 5.92 Å². The number of ether oxygens (including phenoxy) is 1. The molecule has 2 heterocycles. The zero-order chi connectivity index (χ0) is 17.6. The van der Waals surface area contributed by atoms with Crippen LogP contribution in [0.3, 0.4) is 0 Å². The van der Waals surface area contributed by atoms with Gasteiger partial charge in [-0.15, -0.1) is 5.10 Å². The fourth-order valence-corrected chi connectivity index (χ4v) is 2.43. The molecule has 0 fully saturated rings. The van der Waals surface area contributed by atoms with Gasteiger partial charge >= 0.3 is 5.97 Å². The molecule has 0 atom stereocenters. The van der Waals surface area contributed by atoms with Gasteiger partial charge in [-0.2, -0.15) is 0 Å². The van der Waals surface area contributed by atoms with Crippen molar-refractivity contribution >= 4 is 5.97 Å². The number of pyridine rings is 1. The van der Waals surface area contributed by atoms with E-state index in [1.54, 1.807) is 17.1 Å². The Labute approximate surface area is 146 Å². The number of nitrogens with zero attached hydrogens (tertiary/aromatic N) is 4. The molecule has 0 radical (unpaired) electrons. The van der Waals surface area contributed by atoms with Crippen molar-refractivity contribution in [3.05, 3.63) is 54.9 Å². The van der Waals surface area contributed by atoms with Gasteiger partial charge in [-0.3, -0.25) is 9.78 Å². The third-order valence-electron chi connectivity index (χ3n) is 3.57. The van der Waals surface area contributed by atoms with E-state index in [-0.39, 0.29) is 12.5 Å². The molecule has 6 heteroatoms. The van der Waals surface area contributed by atoms with E-state index in [4.69, 9.17) is 4.74 Å². The first-order chi connectivity index (χ1) is 12.1. The molecule has 0 saturated carbocycles. The molecule has 0 unspecified atom stereocenters. The SMILES string of the molecule is CC(C)COC(=O)Cn1nnc(-c2cccnc2)c1-c1ccccc1. The summed E-state index contributed by atoms with van der Waals surface area (Å²) in [6.45, 7) is 4.41. The Balaban J connectivity index is 1.96. The molecule has 0 aliphatic heterocycles. The predicted octanol–water partition coefficient (Wildman–Crippen LogP) is 3.21. The second-order valence-electron chi connectivity index (χ2n) is 6.13. The van der Waals surface area contributed by atoms with Crippen molar-refractivity contribution in [3.8, 4) is 22.5 Å². The first-order valence-electron chi connectivity index (χ1n) is 8.20. The number of carbonyl (C=O) groups excluding carboxylic acids is 1. The largest absolute Gasteiger partial charge is 0.464 e. The number of hydrogen-bond acceptors (Lipinski definition) is 5. The third kappa shape index (κ3) is 4.09. The lowest BCUT2D eigenvalue weighted by molar-refractivity contribution is -0.145. The van der Waals surface area contributed by atoms with Crippen LogP contribution in [0.4, 0.5) is 0 Å². The number of esters is 1. The Hall–Kier alpha value is -3.02. The van der Waals surface area contributed by atoms with Crippen LogP contribution in [0.15, 0.2) is 54.9 Å². The van der Waals surface area contributed by atoms with Crippen LogP contribution < -0.4 is 0 Å². The highest BCUT2D eigenvalue weighted by Gasteiger charge is 2.19. The first kappa shape index (κ1) is 16.8. The van der Waals surface area contributed by atoms with Crippen LogP contribution in [0, 0.1) is 5.92 Å². The Morgan fingerprint density at radius 1 is 1.12 bits per heavy atom. The van der Waals surface area contributed by atoms with Gasteiger partial charge in [-0.25, -0.2) is 4.68 Å². The highest BCUT2D eigenvalue weighted by molar-refractivity contribution is 5.79. The summed E-state index contributed by atoms with van der Waals surface area (Å²) in [6, 6.07) is 13.5. The molecule has 25 heavy (non-hydrogen) atoms. The van der Waals surface area contributed by atoms with Crippen LogP contribution in [-0.2, 0) is 16.1 Å². The standard InChI is InChI=1S/C19H20N4O2/c1-14(2)13-25-17(24)12-23-19(15-7-4-3-5-8-15)18(21-22-23)16-9-6-10-20-11-16/h3-11,14H,12-13H2,1-2H3. The second kappa shape index (κ2) is 7.70. The fraction of sp³-hybridized carbons (Fsp3) is 0.263. The summed E-state index contributed by atoms with van der Waals surface area (Å²) >= 11 is 0. The maximum Gasteiger partial charge on any atom is 0.327 e. The molecule has 0 bridgehead atoms. The number of carbonyl (C=O) groups is 1. The number of rotatable bonds is 6. The second-order valence-corrected chi connectivity index (χ2v) is 6.13. The normalized spacial score (nSPS) is 10.8. The maximum atomic E-state index is 12.1. The summed E-state index contributed by atoms with van der Waals surface area (Å²) < 4.78 is 6.86. The molecule has 0 amide bonds. The predicted molar refractivity (Wildman–Crippen MR) is 94.5 cm³/mol. The van der Waals surface area contributed by atoms with Gasteiger partial charge in [0.1, 0.15) is 12.2 Å². The molecule has 6 nitrogen and oxygen atoms in total. The zero-order valence-electron chi connectivity index (χ0n) is 14.3. The number of aromatic nitrogens is 4. The zero-order valence-corrected chi connectivity index (χ0v) is 14.3. The van der Waals surface area contributed by atoms with Crippen LogP contribution in [0.25, 0.3) is 22.5 Å². The van der Waals surface area contributed by atoms with Crippen LogP contribution in [-0.4, -0.2) is 32.6 Å². The Kier molecular flexibility index (Phi) is 5.18. The minimum Gasteiger partial charge on any atom is -0.464 e. The van der Waals surface area contributed by atoms with Gasteiger partial charge in [-0.05, 0) is 18.1 Å². The van der Waals surface area contributed by atoms with Crippen LogP contribution >= 0.6 is 0 Å². The van der Waals surface area contributed by atoms with Gasteiger partial charge < -0.3 is 4.74 Å². The molecule has 0 N–H and O–H groups in total. The Morgan fingerprint density at radius 2 is 1.88 bits per heavy atom. The van der Waals surface area contributed by atoms with E-state index in [0.717, 1.165) is 16.8 Å². The Morgan fingerprint density at radius 3 is 2.56 bits per heavy atom. The van der Waals surface area contributed by atoms with Crippen molar-refractivity contribution < 1.29 is 9.53 Å². The van der Waals surface area contributed by atoms with E-state index in [1.165, 1.54) is 0 Å². The highest BCUT2D eigenvalue weighted by atomic mass is 16.5. The summed E-state index contributed by atoms with van der Waals surface area (Å²) in [7, 11) is 0. The summed E-state index contributed by atoms with van der Waals surface area (Å²) in [5, 5.41) is 8.45. The summed E-state index contributed by atoms with van der Waals surface area (Å²) in [6.07, 6.45) is 3.44. The summed E-state index contributed by atoms with van der Waals surface area (Å²) in [5.41, 5.74) is 3.25. The molecular formula is C19H20N4O2. The molecule has 3 rings (SSSR count). The Bertz CT molecular complexity index is 829. The first-order valence-corrected chi connectivity index (χ1v) is 8.20.